The van der Waals surface area contributed by atoms with Gasteiger partial charge in [0.2, 0.25) is 0 Å². The third-order valence-corrected chi connectivity index (χ3v) is 5.07. The molecule has 2 aromatic carbocycles. The maximum absolute atomic E-state index is 13.1. The van der Waals surface area contributed by atoms with E-state index in [1.807, 2.05) is 57.3 Å². The molecule has 1 amide bonds. The zero-order chi connectivity index (χ0) is 18.1. The molecule has 3 rings (SSSR count). The van der Waals surface area contributed by atoms with Crippen LogP contribution in [0.4, 0.5) is 0 Å². The lowest BCUT2D eigenvalue weighted by molar-refractivity contribution is 0.0744. The Labute approximate surface area is 148 Å². The first-order valence-electron chi connectivity index (χ1n) is 8.43. The predicted molar refractivity (Wildman–Crippen MR) is 101 cm³/mol. The molecule has 0 fully saturated rings. The predicted octanol–water partition coefficient (Wildman–Crippen LogP) is 4.63. The van der Waals surface area contributed by atoms with Crippen molar-refractivity contribution in [2.75, 3.05) is 14.2 Å². The SMILES string of the molecule is COc1ccc([C@H](C)N(C)C(=O)c2cccc3c(C)c(C)[nH]c23)cc1. The molecule has 0 saturated carbocycles. The molecule has 0 bridgehead atoms. The number of nitrogens with zero attached hydrogens (tertiary/aromatic N) is 1. The Morgan fingerprint density at radius 1 is 1.12 bits per heavy atom. The highest BCUT2D eigenvalue weighted by atomic mass is 16.5. The summed E-state index contributed by atoms with van der Waals surface area (Å²) in [6.07, 6.45) is 0. The first kappa shape index (κ1) is 17.1. The van der Waals surface area contributed by atoms with Crippen LogP contribution in [0.5, 0.6) is 5.75 Å². The Morgan fingerprint density at radius 2 is 1.80 bits per heavy atom. The highest BCUT2D eigenvalue weighted by molar-refractivity contribution is 6.06. The summed E-state index contributed by atoms with van der Waals surface area (Å²) in [6, 6.07) is 13.7. The number of amides is 1. The fourth-order valence-corrected chi connectivity index (χ4v) is 3.13. The Balaban J connectivity index is 1.93. The maximum atomic E-state index is 13.1. The lowest BCUT2D eigenvalue weighted by Gasteiger charge is -2.26. The number of aromatic amines is 1. The van der Waals surface area contributed by atoms with E-state index in [4.69, 9.17) is 4.74 Å². The van der Waals surface area contributed by atoms with Crippen molar-refractivity contribution in [3.63, 3.8) is 0 Å². The average molecular weight is 336 g/mol. The quantitative estimate of drug-likeness (QED) is 0.755. The molecule has 1 atom stereocenters. The van der Waals surface area contributed by atoms with E-state index in [-0.39, 0.29) is 11.9 Å². The zero-order valence-electron chi connectivity index (χ0n) is 15.4. The number of H-pyrrole nitrogens is 1. The number of fused-ring (bicyclic) bond motifs is 1. The standard InChI is InChI=1S/C21H24N2O2/c1-13-14(2)22-20-18(13)7-6-8-19(20)21(24)23(4)15(3)16-9-11-17(25-5)12-10-16/h6-12,15,22H,1-5H3/t15-/m0/s1. The second kappa shape index (κ2) is 6.63. The molecule has 0 saturated heterocycles. The van der Waals surface area contributed by atoms with Crippen molar-refractivity contribution in [1.82, 2.24) is 9.88 Å². The van der Waals surface area contributed by atoms with Crippen LogP contribution in [0.2, 0.25) is 0 Å². The van der Waals surface area contributed by atoms with Crippen molar-refractivity contribution < 1.29 is 9.53 Å². The van der Waals surface area contributed by atoms with Crippen LogP contribution in [0.25, 0.3) is 10.9 Å². The van der Waals surface area contributed by atoms with Gasteiger partial charge in [-0.1, -0.05) is 24.3 Å². The summed E-state index contributed by atoms with van der Waals surface area (Å²) >= 11 is 0. The number of rotatable bonds is 4. The highest BCUT2D eigenvalue weighted by Crippen LogP contribution is 2.28. The minimum Gasteiger partial charge on any atom is -0.497 e. The van der Waals surface area contributed by atoms with Crippen LogP contribution in [0.3, 0.4) is 0 Å². The van der Waals surface area contributed by atoms with Gasteiger partial charge in [0.15, 0.2) is 0 Å². The number of ether oxygens (including phenoxy) is 1. The van der Waals surface area contributed by atoms with Gasteiger partial charge >= 0.3 is 0 Å². The van der Waals surface area contributed by atoms with Gasteiger partial charge in [0, 0.05) is 18.1 Å². The fraction of sp³-hybridized carbons (Fsp3) is 0.286. The van der Waals surface area contributed by atoms with Gasteiger partial charge in [-0.2, -0.15) is 0 Å². The molecule has 130 valence electrons. The second-order valence-electron chi connectivity index (χ2n) is 6.47. The molecule has 4 heteroatoms. The maximum Gasteiger partial charge on any atom is 0.256 e. The molecule has 0 spiro atoms. The van der Waals surface area contributed by atoms with Gasteiger partial charge in [-0.15, -0.1) is 0 Å². The van der Waals surface area contributed by atoms with Crippen LogP contribution in [-0.2, 0) is 0 Å². The molecule has 3 aromatic rings. The molecule has 1 N–H and O–H groups in total. The van der Waals surface area contributed by atoms with E-state index in [1.54, 1.807) is 12.0 Å². The third kappa shape index (κ3) is 3.00. The fourth-order valence-electron chi connectivity index (χ4n) is 3.13. The summed E-state index contributed by atoms with van der Waals surface area (Å²) < 4.78 is 5.20. The summed E-state index contributed by atoms with van der Waals surface area (Å²) in [5.74, 6) is 0.821. The van der Waals surface area contributed by atoms with E-state index in [1.165, 1.54) is 5.56 Å². The minimum atomic E-state index is -0.0363. The van der Waals surface area contributed by atoms with Gasteiger partial charge in [-0.3, -0.25) is 4.79 Å². The van der Waals surface area contributed by atoms with Crippen LogP contribution in [0.15, 0.2) is 42.5 Å². The van der Waals surface area contributed by atoms with E-state index in [0.717, 1.165) is 27.9 Å². The molecule has 1 heterocycles. The molecular weight excluding hydrogens is 312 g/mol. The summed E-state index contributed by atoms with van der Waals surface area (Å²) in [4.78, 5) is 18.2. The van der Waals surface area contributed by atoms with Gasteiger partial charge in [0.25, 0.3) is 5.91 Å². The van der Waals surface area contributed by atoms with Gasteiger partial charge in [-0.25, -0.2) is 0 Å². The van der Waals surface area contributed by atoms with Crippen LogP contribution >= 0.6 is 0 Å². The molecule has 0 aliphatic rings. The van der Waals surface area contributed by atoms with Crippen LogP contribution in [0.1, 0.15) is 40.1 Å². The molecule has 0 unspecified atom stereocenters. The Morgan fingerprint density at radius 3 is 2.44 bits per heavy atom. The molecule has 25 heavy (non-hydrogen) atoms. The lowest BCUT2D eigenvalue weighted by atomic mass is 10.0. The first-order chi connectivity index (χ1) is 11.9. The number of methoxy groups -OCH3 is 1. The van der Waals surface area contributed by atoms with Crippen molar-refractivity contribution >= 4 is 16.8 Å². The average Bonchev–Trinajstić information content (AvgIpc) is 2.94. The largest absolute Gasteiger partial charge is 0.497 e. The normalized spacial score (nSPS) is 12.2. The Kier molecular flexibility index (Phi) is 4.53. The summed E-state index contributed by atoms with van der Waals surface area (Å²) in [6.45, 7) is 6.14. The molecule has 4 nitrogen and oxygen atoms in total. The number of benzene rings is 2. The van der Waals surface area contributed by atoms with Crippen molar-refractivity contribution in [3.05, 3.63) is 64.8 Å². The number of aryl methyl sites for hydroxylation is 2. The van der Waals surface area contributed by atoms with E-state index >= 15 is 0 Å². The van der Waals surface area contributed by atoms with E-state index in [2.05, 4.69) is 18.0 Å². The molecule has 0 radical (unpaired) electrons. The number of carbonyl (C=O) groups excluding carboxylic acids is 1. The first-order valence-corrected chi connectivity index (χ1v) is 8.43. The van der Waals surface area contributed by atoms with Crippen LogP contribution < -0.4 is 4.74 Å². The van der Waals surface area contributed by atoms with Gasteiger partial charge in [0.05, 0.1) is 24.2 Å². The molecular formula is C21H24N2O2. The van der Waals surface area contributed by atoms with E-state index in [0.29, 0.717) is 5.56 Å². The van der Waals surface area contributed by atoms with Crippen molar-refractivity contribution in [1.29, 1.82) is 0 Å². The third-order valence-electron chi connectivity index (χ3n) is 5.07. The zero-order valence-corrected chi connectivity index (χ0v) is 15.4. The molecule has 1 aromatic heterocycles. The highest BCUT2D eigenvalue weighted by Gasteiger charge is 2.22. The number of para-hydroxylation sites is 1. The van der Waals surface area contributed by atoms with Crippen molar-refractivity contribution in [2.45, 2.75) is 26.8 Å². The summed E-state index contributed by atoms with van der Waals surface area (Å²) in [5.41, 5.74) is 4.98. The number of hydrogen-bond acceptors (Lipinski definition) is 2. The van der Waals surface area contributed by atoms with Gasteiger partial charge in [-0.05, 0) is 50.1 Å². The van der Waals surface area contributed by atoms with Gasteiger partial charge < -0.3 is 14.6 Å². The number of aromatic nitrogens is 1. The second-order valence-corrected chi connectivity index (χ2v) is 6.47. The Hall–Kier alpha value is -2.75. The number of carbonyl (C=O) groups is 1. The number of hydrogen-bond donors (Lipinski definition) is 1. The monoisotopic (exact) mass is 336 g/mol. The van der Waals surface area contributed by atoms with E-state index < -0.39 is 0 Å². The molecule has 0 aliphatic carbocycles. The number of nitrogens with one attached hydrogen (secondary N) is 1. The van der Waals surface area contributed by atoms with Crippen molar-refractivity contribution in [3.8, 4) is 5.75 Å². The topological polar surface area (TPSA) is 45.3 Å². The Bertz CT molecular complexity index is 910. The van der Waals surface area contributed by atoms with Crippen LogP contribution in [0, 0.1) is 13.8 Å². The smallest absolute Gasteiger partial charge is 0.256 e. The van der Waals surface area contributed by atoms with E-state index in [9.17, 15) is 4.79 Å². The molecule has 0 aliphatic heterocycles. The summed E-state index contributed by atoms with van der Waals surface area (Å²) in [7, 11) is 3.49. The van der Waals surface area contributed by atoms with Crippen molar-refractivity contribution in [2.24, 2.45) is 0 Å². The van der Waals surface area contributed by atoms with Crippen LogP contribution in [-0.4, -0.2) is 29.9 Å². The minimum absolute atomic E-state index is 0.00941. The lowest BCUT2D eigenvalue weighted by Crippen LogP contribution is -2.29. The summed E-state index contributed by atoms with van der Waals surface area (Å²) in [5, 5.41) is 1.11. The van der Waals surface area contributed by atoms with Gasteiger partial charge in [0.1, 0.15) is 5.75 Å².